The van der Waals surface area contributed by atoms with Crippen LogP contribution in [0, 0.1) is 0 Å². The minimum absolute atomic E-state index is 1.12. The Morgan fingerprint density at radius 3 is 2.39 bits per heavy atom. The van der Waals surface area contributed by atoms with E-state index in [0.717, 1.165) is 32.0 Å². The Morgan fingerprint density at radius 1 is 0.944 bits per heavy atom. The molecule has 0 amide bonds. The van der Waals surface area contributed by atoms with Crippen molar-refractivity contribution in [3.8, 4) is 0 Å². The molecule has 0 radical (unpaired) electrons. The Morgan fingerprint density at radius 2 is 1.67 bits per heavy atom. The quantitative estimate of drug-likeness (QED) is 0.787. The van der Waals surface area contributed by atoms with Gasteiger partial charge in [0.05, 0.1) is 0 Å². The maximum Gasteiger partial charge on any atom is 0.130 e. The zero-order valence-electron chi connectivity index (χ0n) is 11.2. The number of piperazine rings is 1. The van der Waals surface area contributed by atoms with Crippen molar-refractivity contribution in [3.05, 3.63) is 18.3 Å². The summed E-state index contributed by atoms with van der Waals surface area (Å²) in [7, 11) is 2.19. The van der Waals surface area contributed by atoms with E-state index in [-0.39, 0.29) is 0 Å². The van der Waals surface area contributed by atoms with E-state index in [2.05, 4.69) is 38.9 Å². The van der Waals surface area contributed by atoms with Gasteiger partial charge in [-0.15, -0.1) is 0 Å². The highest BCUT2D eigenvalue weighted by Crippen LogP contribution is 2.23. The molecule has 3 heterocycles. The van der Waals surface area contributed by atoms with Gasteiger partial charge in [0.15, 0.2) is 0 Å². The highest BCUT2D eigenvalue weighted by Gasteiger charge is 2.17. The average Bonchev–Trinajstić information content (AvgIpc) is 2.94. The van der Waals surface area contributed by atoms with Gasteiger partial charge in [-0.25, -0.2) is 4.98 Å². The van der Waals surface area contributed by atoms with Crippen molar-refractivity contribution in [2.45, 2.75) is 12.8 Å². The van der Waals surface area contributed by atoms with E-state index in [1.807, 2.05) is 6.20 Å². The molecule has 4 heteroatoms. The summed E-state index contributed by atoms with van der Waals surface area (Å²) in [5, 5.41) is 0. The van der Waals surface area contributed by atoms with Crippen molar-refractivity contribution in [1.82, 2.24) is 9.88 Å². The van der Waals surface area contributed by atoms with Gasteiger partial charge >= 0.3 is 0 Å². The number of anilines is 2. The molecule has 4 nitrogen and oxygen atoms in total. The van der Waals surface area contributed by atoms with E-state index < -0.39 is 0 Å². The molecule has 3 rings (SSSR count). The number of pyridine rings is 1. The summed E-state index contributed by atoms with van der Waals surface area (Å²) < 4.78 is 0. The predicted octanol–water partition coefficient (Wildman–Crippen LogP) is 1.43. The first-order chi connectivity index (χ1) is 8.83. The van der Waals surface area contributed by atoms with Crippen molar-refractivity contribution < 1.29 is 0 Å². The molecule has 18 heavy (non-hydrogen) atoms. The van der Waals surface area contributed by atoms with E-state index >= 15 is 0 Å². The second kappa shape index (κ2) is 5.14. The Balaban J connectivity index is 1.74. The molecule has 0 saturated carbocycles. The molecule has 0 bridgehead atoms. The Labute approximate surface area is 109 Å². The van der Waals surface area contributed by atoms with Crippen LogP contribution in [-0.2, 0) is 0 Å². The molecule has 0 aromatic carbocycles. The van der Waals surface area contributed by atoms with Gasteiger partial charge in [0.2, 0.25) is 0 Å². The maximum atomic E-state index is 4.52. The van der Waals surface area contributed by atoms with Crippen LogP contribution in [-0.4, -0.2) is 56.2 Å². The number of hydrogen-bond donors (Lipinski definition) is 0. The molecule has 2 aliphatic heterocycles. The fourth-order valence-corrected chi connectivity index (χ4v) is 2.79. The van der Waals surface area contributed by atoms with Crippen LogP contribution in [0.4, 0.5) is 11.5 Å². The van der Waals surface area contributed by atoms with Gasteiger partial charge in [0.1, 0.15) is 5.82 Å². The van der Waals surface area contributed by atoms with Gasteiger partial charge in [0, 0.05) is 57.2 Å². The van der Waals surface area contributed by atoms with Gasteiger partial charge in [-0.3, -0.25) is 0 Å². The van der Waals surface area contributed by atoms with Crippen LogP contribution in [0.25, 0.3) is 0 Å². The van der Waals surface area contributed by atoms with Crippen molar-refractivity contribution in [2.24, 2.45) is 0 Å². The smallest absolute Gasteiger partial charge is 0.130 e. The lowest BCUT2D eigenvalue weighted by molar-refractivity contribution is 0.313. The van der Waals surface area contributed by atoms with Gasteiger partial charge in [-0.05, 0) is 26.0 Å². The lowest BCUT2D eigenvalue weighted by Gasteiger charge is -2.34. The number of rotatable bonds is 2. The van der Waals surface area contributed by atoms with Gasteiger partial charge in [-0.2, -0.15) is 0 Å². The summed E-state index contributed by atoms with van der Waals surface area (Å²) in [6.07, 6.45) is 4.57. The molecule has 0 aliphatic carbocycles. The van der Waals surface area contributed by atoms with Crippen LogP contribution in [0.3, 0.4) is 0 Å². The lowest BCUT2D eigenvalue weighted by Crippen LogP contribution is -2.44. The number of aromatic nitrogens is 1. The predicted molar refractivity (Wildman–Crippen MR) is 75.4 cm³/mol. The summed E-state index contributed by atoms with van der Waals surface area (Å²) in [6.45, 7) is 6.89. The summed E-state index contributed by atoms with van der Waals surface area (Å²) in [4.78, 5) is 11.8. The van der Waals surface area contributed by atoms with Gasteiger partial charge in [0.25, 0.3) is 0 Å². The van der Waals surface area contributed by atoms with Crippen LogP contribution in [0.1, 0.15) is 12.8 Å². The molecule has 0 unspecified atom stereocenters. The lowest BCUT2D eigenvalue weighted by atomic mass is 10.2. The Hall–Kier alpha value is -1.29. The van der Waals surface area contributed by atoms with E-state index in [9.17, 15) is 0 Å². The normalized spacial score (nSPS) is 21.6. The average molecular weight is 246 g/mol. The van der Waals surface area contributed by atoms with Crippen molar-refractivity contribution >= 4 is 11.5 Å². The zero-order chi connectivity index (χ0) is 12.4. The minimum atomic E-state index is 1.12. The van der Waals surface area contributed by atoms with E-state index in [1.165, 1.54) is 31.6 Å². The second-order valence-corrected chi connectivity index (χ2v) is 5.36. The topological polar surface area (TPSA) is 22.6 Å². The molecule has 2 aliphatic rings. The van der Waals surface area contributed by atoms with E-state index in [0.29, 0.717) is 0 Å². The molecular formula is C14H22N4. The van der Waals surface area contributed by atoms with Crippen LogP contribution in [0.5, 0.6) is 0 Å². The zero-order valence-corrected chi connectivity index (χ0v) is 11.2. The largest absolute Gasteiger partial charge is 0.369 e. The SMILES string of the molecule is CN1CCN(c2ccnc(N3CCCC3)c2)CC1. The third-order valence-electron chi connectivity index (χ3n) is 4.03. The van der Waals surface area contributed by atoms with Crippen molar-refractivity contribution in [1.29, 1.82) is 0 Å². The van der Waals surface area contributed by atoms with Crippen LogP contribution in [0.2, 0.25) is 0 Å². The highest BCUT2D eigenvalue weighted by atomic mass is 15.3. The van der Waals surface area contributed by atoms with Crippen LogP contribution < -0.4 is 9.80 Å². The van der Waals surface area contributed by atoms with Crippen LogP contribution in [0.15, 0.2) is 18.3 Å². The first-order valence-corrected chi connectivity index (χ1v) is 6.97. The molecule has 98 valence electrons. The summed E-state index contributed by atoms with van der Waals surface area (Å²) in [6, 6.07) is 4.40. The molecule has 2 saturated heterocycles. The number of nitrogens with zero attached hydrogens (tertiary/aromatic N) is 4. The minimum Gasteiger partial charge on any atom is -0.369 e. The fraction of sp³-hybridized carbons (Fsp3) is 0.643. The molecular weight excluding hydrogens is 224 g/mol. The molecule has 0 spiro atoms. The fourth-order valence-electron chi connectivity index (χ4n) is 2.79. The first kappa shape index (κ1) is 11.8. The summed E-state index contributed by atoms with van der Waals surface area (Å²) in [5.74, 6) is 1.16. The Bertz CT molecular complexity index is 393. The van der Waals surface area contributed by atoms with Crippen molar-refractivity contribution in [3.63, 3.8) is 0 Å². The monoisotopic (exact) mass is 246 g/mol. The molecule has 0 atom stereocenters. The van der Waals surface area contributed by atoms with Gasteiger partial charge < -0.3 is 14.7 Å². The molecule has 2 fully saturated rings. The molecule has 0 N–H and O–H groups in total. The number of likely N-dealkylation sites (N-methyl/N-ethyl adjacent to an activating group) is 1. The van der Waals surface area contributed by atoms with Crippen molar-refractivity contribution in [2.75, 3.05) is 56.1 Å². The molecule has 1 aromatic heterocycles. The second-order valence-electron chi connectivity index (χ2n) is 5.36. The van der Waals surface area contributed by atoms with E-state index in [4.69, 9.17) is 0 Å². The summed E-state index contributed by atoms with van der Waals surface area (Å²) in [5.41, 5.74) is 1.33. The Kier molecular flexibility index (Phi) is 3.37. The van der Waals surface area contributed by atoms with Crippen LogP contribution >= 0.6 is 0 Å². The number of hydrogen-bond acceptors (Lipinski definition) is 4. The summed E-state index contributed by atoms with van der Waals surface area (Å²) >= 11 is 0. The van der Waals surface area contributed by atoms with Gasteiger partial charge in [-0.1, -0.05) is 0 Å². The maximum absolute atomic E-state index is 4.52. The third kappa shape index (κ3) is 2.43. The standard InChI is InChI=1S/C14H22N4/c1-16-8-10-17(11-9-16)13-4-5-15-14(12-13)18-6-2-3-7-18/h4-5,12H,2-3,6-11H2,1H3. The molecule has 1 aromatic rings. The van der Waals surface area contributed by atoms with E-state index in [1.54, 1.807) is 0 Å². The first-order valence-electron chi connectivity index (χ1n) is 6.97. The highest BCUT2D eigenvalue weighted by molar-refractivity contribution is 5.55. The third-order valence-corrected chi connectivity index (χ3v) is 4.03.